The van der Waals surface area contributed by atoms with Crippen LogP contribution in [0.3, 0.4) is 0 Å². The molecule has 0 N–H and O–H groups in total. The molecule has 0 saturated carbocycles. The number of benzene rings is 2. The SMILES string of the molecule is CCOC(=O)c1c(N=Nc2ccc(Cl)cc2)c(-c2cccs2)n2c1-c1cc(OC)c(OC)cc1CC2. The Balaban J connectivity index is 1.80. The van der Waals surface area contributed by atoms with E-state index in [-0.39, 0.29) is 6.61 Å². The Kier molecular flexibility index (Phi) is 6.80. The van der Waals surface area contributed by atoms with Crippen molar-refractivity contribution < 1.29 is 19.0 Å². The number of thiophene rings is 1. The van der Waals surface area contributed by atoms with Gasteiger partial charge in [-0.15, -0.1) is 16.5 Å². The summed E-state index contributed by atoms with van der Waals surface area (Å²) in [6.07, 6.45) is 0.756. The molecule has 36 heavy (non-hydrogen) atoms. The summed E-state index contributed by atoms with van der Waals surface area (Å²) in [5.74, 6) is 0.787. The van der Waals surface area contributed by atoms with Gasteiger partial charge in [-0.25, -0.2) is 4.79 Å². The molecule has 1 aliphatic rings. The maximum absolute atomic E-state index is 13.5. The lowest BCUT2D eigenvalue weighted by atomic mass is 9.95. The summed E-state index contributed by atoms with van der Waals surface area (Å²) >= 11 is 7.61. The second-order valence-corrected chi connectivity index (χ2v) is 9.45. The number of hydrogen-bond acceptors (Lipinski definition) is 7. The first-order valence-corrected chi connectivity index (χ1v) is 12.7. The number of methoxy groups -OCH3 is 2. The van der Waals surface area contributed by atoms with Crippen LogP contribution in [-0.4, -0.2) is 31.4 Å². The van der Waals surface area contributed by atoms with Gasteiger partial charge in [-0.05, 0) is 66.8 Å². The molecule has 5 rings (SSSR count). The molecule has 3 heterocycles. The van der Waals surface area contributed by atoms with Crippen molar-refractivity contribution in [3.05, 3.63) is 70.1 Å². The molecule has 0 saturated heterocycles. The van der Waals surface area contributed by atoms with Crippen molar-refractivity contribution in [3.63, 3.8) is 0 Å². The molecule has 9 heteroatoms. The minimum Gasteiger partial charge on any atom is -0.493 e. The third kappa shape index (κ3) is 4.27. The van der Waals surface area contributed by atoms with Crippen LogP contribution >= 0.6 is 22.9 Å². The van der Waals surface area contributed by atoms with E-state index in [9.17, 15) is 4.79 Å². The predicted molar refractivity (Wildman–Crippen MR) is 142 cm³/mol. The molecule has 0 amide bonds. The van der Waals surface area contributed by atoms with Crippen molar-refractivity contribution in [1.29, 1.82) is 0 Å². The van der Waals surface area contributed by atoms with Crippen molar-refractivity contribution in [2.24, 2.45) is 10.2 Å². The van der Waals surface area contributed by atoms with E-state index in [0.29, 0.717) is 40.0 Å². The molecule has 0 spiro atoms. The van der Waals surface area contributed by atoms with Crippen LogP contribution in [0, 0.1) is 0 Å². The highest BCUT2D eigenvalue weighted by atomic mass is 35.5. The van der Waals surface area contributed by atoms with Crippen molar-refractivity contribution in [3.8, 4) is 33.3 Å². The van der Waals surface area contributed by atoms with Gasteiger partial charge in [-0.1, -0.05) is 17.7 Å². The lowest BCUT2D eigenvalue weighted by molar-refractivity contribution is 0.0528. The summed E-state index contributed by atoms with van der Waals surface area (Å²) in [4.78, 5) is 14.4. The number of ether oxygens (including phenoxy) is 3. The number of aryl methyl sites for hydroxylation is 1. The fourth-order valence-electron chi connectivity index (χ4n) is 4.46. The number of esters is 1. The number of carbonyl (C=O) groups is 1. The Morgan fingerprint density at radius 1 is 1.06 bits per heavy atom. The smallest absolute Gasteiger partial charge is 0.342 e. The Bertz CT molecular complexity index is 1440. The molecule has 184 valence electrons. The van der Waals surface area contributed by atoms with E-state index in [2.05, 4.69) is 14.8 Å². The van der Waals surface area contributed by atoms with Crippen LogP contribution in [0.1, 0.15) is 22.8 Å². The number of hydrogen-bond donors (Lipinski definition) is 0. The summed E-state index contributed by atoms with van der Waals surface area (Å²) in [7, 11) is 3.21. The summed E-state index contributed by atoms with van der Waals surface area (Å²) in [5, 5.41) is 11.7. The van der Waals surface area contributed by atoms with Crippen LogP contribution < -0.4 is 9.47 Å². The van der Waals surface area contributed by atoms with Gasteiger partial charge in [0.1, 0.15) is 11.3 Å². The first-order valence-electron chi connectivity index (χ1n) is 11.5. The second-order valence-electron chi connectivity index (χ2n) is 8.06. The third-order valence-electron chi connectivity index (χ3n) is 6.03. The molecule has 0 atom stereocenters. The summed E-state index contributed by atoms with van der Waals surface area (Å²) in [6, 6.07) is 15.0. The van der Waals surface area contributed by atoms with Crippen molar-refractivity contribution in [2.45, 2.75) is 19.9 Å². The highest BCUT2D eigenvalue weighted by molar-refractivity contribution is 7.13. The molecule has 0 fully saturated rings. The van der Waals surface area contributed by atoms with E-state index in [1.807, 2.05) is 29.6 Å². The molecular weight excluding hydrogens is 498 g/mol. The highest BCUT2D eigenvalue weighted by Crippen LogP contribution is 2.49. The van der Waals surface area contributed by atoms with Gasteiger partial charge in [0.05, 0.1) is 42.8 Å². The zero-order chi connectivity index (χ0) is 25.2. The molecule has 2 aromatic heterocycles. The second kappa shape index (κ2) is 10.2. The van der Waals surface area contributed by atoms with Gasteiger partial charge < -0.3 is 18.8 Å². The minimum absolute atomic E-state index is 0.240. The fraction of sp³-hybridized carbons (Fsp3) is 0.222. The zero-order valence-electron chi connectivity index (χ0n) is 20.1. The molecule has 7 nitrogen and oxygen atoms in total. The van der Waals surface area contributed by atoms with E-state index in [1.165, 1.54) is 0 Å². The Morgan fingerprint density at radius 2 is 1.81 bits per heavy atom. The Labute approximate surface area is 217 Å². The van der Waals surface area contributed by atoms with Crippen molar-refractivity contribution in [2.75, 3.05) is 20.8 Å². The molecule has 0 unspecified atom stereocenters. The first kappa shape index (κ1) is 24.1. The normalized spacial score (nSPS) is 12.3. The van der Waals surface area contributed by atoms with Crippen LogP contribution in [0.5, 0.6) is 11.5 Å². The van der Waals surface area contributed by atoms with Crippen molar-refractivity contribution >= 4 is 40.3 Å². The quantitative estimate of drug-likeness (QED) is 0.184. The number of carbonyl (C=O) groups excluding carboxylic acids is 1. The standard InChI is InChI=1S/C27H24ClN3O4S/c1-4-35-27(32)23-24(30-29-18-9-7-17(28)8-10-18)26(22-6-5-13-36-22)31-12-11-16-14-20(33-2)21(34-3)15-19(16)25(23)31/h5-10,13-15H,4,11-12H2,1-3H3. The van der Waals surface area contributed by atoms with Gasteiger partial charge in [0, 0.05) is 17.1 Å². The number of halogens is 1. The number of rotatable bonds is 7. The van der Waals surface area contributed by atoms with Gasteiger partial charge in [0.25, 0.3) is 0 Å². The van der Waals surface area contributed by atoms with E-state index < -0.39 is 5.97 Å². The number of azo groups is 1. The largest absolute Gasteiger partial charge is 0.493 e. The summed E-state index contributed by atoms with van der Waals surface area (Å²) < 4.78 is 18.8. The van der Waals surface area contributed by atoms with Crippen LogP contribution in [0.25, 0.3) is 21.8 Å². The average molecular weight is 522 g/mol. The van der Waals surface area contributed by atoms with E-state index in [1.54, 1.807) is 56.7 Å². The molecule has 1 aliphatic heterocycles. The maximum Gasteiger partial charge on any atom is 0.342 e. The molecule has 0 bridgehead atoms. The number of fused-ring (bicyclic) bond motifs is 3. The van der Waals surface area contributed by atoms with Crippen molar-refractivity contribution in [1.82, 2.24) is 4.57 Å². The Morgan fingerprint density at radius 3 is 2.47 bits per heavy atom. The summed E-state index contributed by atoms with van der Waals surface area (Å²) in [6.45, 7) is 2.69. The van der Waals surface area contributed by atoms with E-state index >= 15 is 0 Å². The lowest BCUT2D eigenvalue weighted by Crippen LogP contribution is -2.14. The fourth-order valence-corrected chi connectivity index (χ4v) is 5.37. The molecule has 2 aromatic carbocycles. The first-order chi connectivity index (χ1) is 17.5. The Hall–Kier alpha value is -3.62. The highest BCUT2D eigenvalue weighted by Gasteiger charge is 2.34. The molecule has 4 aromatic rings. The molecule has 0 aliphatic carbocycles. The lowest BCUT2D eigenvalue weighted by Gasteiger charge is -2.23. The maximum atomic E-state index is 13.5. The van der Waals surface area contributed by atoms with Gasteiger partial charge in [0.15, 0.2) is 11.5 Å². The summed E-state index contributed by atoms with van der Waals surface area (Å²) in [5.41, 5.74) is 5.00. The third-order valence-corrected chi connectivity index (χ3v) is 7.16. The minimum atomic E-state index is -0.447. The number of nitrogens with zero attached hydrogens (tertiary/aromatic N) is 3. The topological polar surface area (TPSA) is 74.4 Å². The van der Waals surface area contributed by atoms with Gasteiger partial charge in [-0.3, -0.25) is 0 Å². The molecule has 0 radical (unpaired) electrons. The zero-order valence-corrected chi connectivity index (χ0v) is 21.7. The van der Waals surface area contributed by atoms with Crippen LogP contribution in [0.4, 0.5) is 11.4 Å². The predicted octanol–water partition coefficient (Wildman–Crippen LogP) is 7.70. The number of aromatic nitrogens is 1. The van der Waals surface area contributed by atoms with Gasteiger partial charge in [-0.2, -0.15) is 5.11 Å². The van der Waals surface area contributed by atoms with E-state index in [4.69, 9.17) is 25.8 Å². The van der Waals surface area contributed by atoms with Crippen LogP contribution in [0.2, 0.25) is 5.02 Å². The molecular formula is C27H24ClN3O4S. The van der Waals surface area contributed by atoms with Gasteiger partial charge in [0.2, 0.25) is 0 Å². The average Bonchev–Trinajstić information content (AvgIpc) is 3.53. The van der Waals surface area contributed by atoms with Crippen LogP contribution in [-0.2, 0) is 17.7 Å². The van der Waals surface area contributed by atoms with Crippen LogP contribution in [0.15, 0.2) is 64.1 Å². The monoisotopic (exact) mass is 521 g/mol. The van der Waals surface area contributed by atoms with Gasteiger partial charge >= 0.3 is 5.97 Å². The van der Waals surface area contributed by atoms with E-state index in [0.717, 1.165) is 33.8 Å².